The van der Waals surface area contributed by atoms with Crippen molar-refractivity contribution in [1.82, 2.24) is 10.2 Å². The Hall–Kier alpha value is -0.770. The zero-order valence-electron chi connectivity index (χ0n) is 7.88. The summed E-state index contributed by atoms with van der Waals surface area (Å²) < 4.78 is 0. The minimum atomic E-state index is 0.510. The Morgan fingerprint density at radius 1 is 1.67 bits per heavy atom. The molecule has 0 aromatic rings. The maximum atomic E-state index is 5.64. The van der Waals surface area contributed by atoms with Crippen LogP contribution in [0, 0.1) is 0 Å². The Kier molecular flexibility index (Phi) is 3.34. The largest absolute Gasteiger partial charge is 0.370 e. The molecule has 1 saturated heterocycles. The van der Waals surface area contributed by atoms with E-state index in [2.05, 4.69) is 29.2 Å². The molecule has 4 nitrogen and oxygen atoms in total. The van der Waals surface area contributed by atoms with Crippen LogP contribution in [-0.4, -0.2) is 43.6 Å². The SMILES string of the molecule is CCCN=C(N)NC1CN(C)C1. The van der Waals surface area contributed by atoms with E-state index in [1.54, 1.807) is 0 Å². The lowest BCUT2D eigenvalue weighted by molar-refractivity contribution is 0.177. The Labute approximate surface area is 73.8 Å². The molecule has 0 saturated carbocycles. The molecule has 0 spiro atoms. The van der Waals surface area contributed by atoms with Gasteiger partial charge in [0.25, 0.3) is 0 Å². The van der Waals surface area contributed by atoms with Gasteiger partial charge in [-0.25, -0.2) is 0 Å². The van der Waals surface area contributed by atoms with Crippen molar-refractivity contribution in [2.24, 2.45) is 10.7 Å². The molecule has 0 bridgehead atoms. The van der Waals surface area contributed by atoms with Crippen molar-refractivity contribution in [2.45, 2.75) is 19.4 Å². The second-order valence-corrected chi connectivity index (χ2v) is 3.33. The Morgan fingerprint density at radius 3 is 2.83 bits per heavy atom. The average Bonchev–Trinajstić information content (AvgIpc) is 1.98. The fourth-order valence-electron chi connectivity index (χ4n) is 1.28. The molecule has 0 aliphatic carbocycles. The van der Waals surface area contributed by atoms with Crippen molar-refractivity contribution in [3.63, 3.8) is 0 Å². The predicted molar refractivity (Wildman–Crippen MR) is 51.2 cm³/mol. The number of likely N-dealkylation sites (N-methyl/N-ethyl adjacent to an activating group) is 1. The second kappa shape index (κ2) is 4.30. The monoisotopic (exact) mass is 170 g/mol. The Balaban J connectivity index is 2.13. The van der Waals surface area contributed by atoms with Crippen LogP contribution in [0.1, 0.15) is 13.3 Å². The fraction of sp³-hybridized carbons (Fsp3) is 0.875. The van der Waals surface area contributed by atoms with E-state index in [4.69, 9.17) is 5.73 Å². The summed E-state index contributed by atoms with van der Waals surface area (Å²) in [6, 6.07) is 0.510. The van der Waals surface area contributed by atoms with E-state index in [1.165, 1.54) is 0 Å². The molecule has 0 atom stereocenters. The van der Waals surface area contributed by atoms with Crippen molar-refractivity contribution in [3.05, 3.63) is 0 Å². The first kappa shape index (κ1) is 9.32. The fourth-order valence-corrected chi connectivity index (χ4v) is 1.28. The number of nitrogens with zero attached hydrogens (tertiary/aromatic N) is 2. The zero-order chi connectivity index (χ0) is 8.97. The lowest BCUT2D eigenvalue weighted by atomic mass is 10.1. The van der Waals surface area contributed by atoms with Crippen LogP contribution < -0.4 is 11.1 Å². The van der Waals surface area contributed by atoms with Gasteiger partial charge in [-0.1, -0.05) is 6.92 Å². The van der Waals surface area contributed by atoms with Crippen LogP contribution >= 0.6 is 0 Å². The second-order valence-electron chi connectivity index (χ2n) is 3.33. The molecule has 1 aliphatic heterocycles. The van der Waals surface area contributed by atoms with Crippen molar-refractivity contribution in [2.75, 3.05) is 26.7 Å². The lowest BCUT2D eigenvalue weighted by Crippen LogP contribution is -2.58. The van der Waals surface area contributed by atoms with E-state index >= 15 is 0 Å². The first-order valence-corrected chi connectivity index (χ1v) is 4.47. The third kappa shape index (κ3) is 2.70. The smallest absolute Gasteiger partial charge is 0.188 e. The first-order valence-electron chi connectivity index (χ1n) is 4.47. The number of guanidine groups is 1. The van der Waals surface area contributed by atoms with Gasteiger partial charge in [0.1, 0.15) is 0 Å². The van der Waals surface area contributed by atoms with Crippen molar-refractivity contribution in [3.8, 4) is 0 Å². The predicted octanol–water partition coefficient (Wildman–Crippen LogP) is -0.385. The van der Waals surface area contributed by atoms with Crippen molar-refractivity contribution >= 4 is 5.96 Å². The van der Waals surface area contributed by atoms with Gasteiger partial charge in [-0.2, -0.15) is 0 Å². The van der Waals surface area contributed by atoms with E-state index in [0.29, 0.717) is 12.0 Å². The summed E-state index contributed by atoms with van der Waals surface area (Å²) in [5.41, 5.74) is 5.64. The van der Waals surface area contributed by atoms with E-state index in [0.717, 1.165) is 26.1 Å². The highest BCUT2D eigenvalue weighted by molar-refractivity contribution is 5.78. The normalized spacial score (nSPS) is 20.7. The summed E-state index contributed by atoms with van der Waals surface area (Å²) in [6.07, 6.45) is 1.05. The van der Waals surface area contributed by atoms with Gasteiger partial charge >= 0.3 is 0 Å². The molecule has 0 amide bonds. The number of rotatable bonds is 3. The topological polar surface area (TPSA) is 53.6 Å². The van der Waals surface area contributed by atoms with E-state index < -0.39 is 0 Å². The number of likely N-dealkylation sites (tertiary alicyclic amines) is 1. The van der Waals surface area contributed by atoms with Gasteiger partial charge in [-0.05, 0) is 13.5 Å². The Morgan fingerprint density at radius 2 is 2.33 bits per heavy atom. The third-order valence-electron chi connectivity index (χ3n) is 1.92. The maximum Gasteiger partial charge on any atom is 0.188 e. The molecule has 1 fully saturated rings. The summed E-state index contributed by atoms with van der Waals surface area (Å²) >= 11 is 0. The molecule has 70 valence electrons. The minimum absolute atomic E-state index is 0.510. The Bertz CT molecular complexity index is 160. The van der Waals surface area contributed by atoms with Gasteiger partial charge in [0, 0.05) is 19.6 Å². The molecular formula is C8H18N4. The number of hydrogen-bond donors (Lipinski definition) is 2. The van der Waals surface area contributed by atoms with E-state index in [1.807, 2.05) is 0 Å². The van der Waals surface area contributed by atoms with Crippen LogP contribution in [0.3, 0.4) is 0 Å². The molecule has 3 N–H and O–H groups in total. The molecular weight excluding hydrogens is 152 g/mol. The van der Waals surface area contributed by atoms with Gasteiger partial charge < -0.3 is 16.0 Å². The van der Waals surface area contributed by atoms with Crippen LogP contribution in [0.25, 0.3) is 0 Å². The molecule has 1 aliphatic rings. The lowest BCUT2D eigenvalue weighted by Gasteiger charge is -2.36. The molecule has 1 rings (SSSR count). The van der Waals surface area contributed by atoms with Gasteiger partial charge in [0.05, 0.1) is 6.04 Å². The van der Waals surface area contributed by atoms with Gasteiger partial charge in [0.2, 0.25) is 0 Å². The van der Waals surface area contributed by atoms with E-state index in [9.17, 15) is 0 Å². The number of aliphatic imine (C=N–C) groups is 1. The molecule has 12 heavy (non-hydrogen) atoms. The van der Waals surface area contributed by atoms with Crippen LogP contribution in [0.5, 0.6) is 0 Å². The highest BCUT2D eigenvalue weighted by atomic mass is 15.3. The highest BCUT2D eigenvalue weighted by Gasteiger charge is 2.22. The molecule has 4 heteroatoms. The third-order valence-corrected chi connectivity index (χ3v) is 1.92. The van der Waals surface area contributed by atoms with Crippen molar-refractivity contribution in [1.29, 1.82) is 0 Å². The number of hydrogen-bond acceptors (Lipinski definition) is 2. The van der Waals surface area contributed by atoms with E-state index in [-0.39, 0.29) is 0 Å². The molecule has 1 heterocycles. The summed E-state index contributed by atoms with van der Waals surface area (Å²) in [5, 5.41) is 3.17. The molecule has 0 aromatic carbocycles. The van der Waals surface area contributed by atoms with Gasteiger partial charge in [-0.15, -0.1) is 0 Å². The highest BCUT2D eigenvalue weighted by Crippen LogP contribution is 2.02. The summed E-state index contributed by atoms with van der Waals surface area (Å²) in [7, 11) is 2.09. The summed E-state index contributed by atoms with van der Waals surface area (Å²) in [5.74, 6) is 0.593. The van der Waals surface area contributed by atoms with Crippen molar-refractivity contribution < 1.29 is 0 Å². The quantitative estimate of drug-likeness (QED) is 0.448. The van der Waals surface area contributed by atoms with Gasteiger partial charge in [0.15, 0.2) is 5.96 Å². The number of nitrogens with two attached hydrogens (primary N) is 1. The molecule has 0 radical (unpaired) electrons. The van der Waals surface area contributed by atoms with Crippen LogP contribution in [0.15, 0.2) is 4.99 Å². The first-order chi connectivity index (χ1) is 5.72. The van der Waals surface area contributed by atoms with Crippen LogP contribution in [0.2, 0.25) is 0 Å². The molecule has 0 aromatic heterocycles. The maximum absolute atomic E-state index is 5.64. The number of nitrogens with one attached hydrogen (secondary N) is 1. The zero-order valence-corrected chi connectivity index (χ0v) is 7.88. The average molecular weight is 170 g/mol. The molecule has 0 unspecified atom stereocenters. The minimum Gasteiger partial charge on any atom is -0.370 e. The van der Waals surface area contributed by atoms with Gasteiger partial charge in [-0.3, -0.25) is 4.99 Å². The summed E-state index contributed by atoms with van der Waals surface area (Å²) in [6.45, 7) is 5.06. The van der Waals surface area contributed by atoms with Crippen LogP contribution in [0.4, 0.5) is 0 Å². The summed E-state index contributed by atoms with van der Waals surface area (Å²) in [4.78, 5) is 6.40. The van der Waals surface area contributed by atoms with Crippen LogP contribution in [-0.2, 0) is 0 Å². The standard InChI is InChI=1S/C8H18N4/c1-3-4-10-8(9)11-7-5-12(2)6-7/h7H,3-6H2,1-2H3,(H3,9,10,11).